The van der Waals surface area contributed by atoms with E-state index in [0.717, 1.165) is 12.1 Å². The number of aryl methyl sites for hydroxylation is 1. The summed E-state index contributed by atoms with van der Waals surface area (Å²) in [4.78, 5) is 28.1. The third kappa shape index (κ3) is 3.43. The van der Waals surface area contributed by atoms with Crippen molar-refractivity contribution in [2.75, 3.05) is 10.6 Å². The van der Waals surface area contributed by atoms with E-state index in [9.17, 15) is 22.8 Å². The van der Waals surface area contributed by atoms with Gasteiger partial charge in [0.1, 0.15) is 11.9 Å². The van der Waals surface area contributed by atoms with Gasteiger partial charge in [0.15, 0.2) is 0 Å². The number of nitrogens with one attached hydrogen (secondary N) is 2. The lowest BCUT2D eigenvalue weighted by molar-refractivity contribution is -0.137. The maximum atomic E-state index is 12.9. The van der Waals surface area contributed by atoms with E-state index < -0.39 is 34.6 Å². The summed E-state index contributed by atoms with van der Waals surface area (Å²) in [5, 5.41) is 8.38. The normalized spacial score (nSPS) is 17.0. The van der Waals surface area contributed by atoms with Crippen molar-refractivity contribution in [3.63, 3.8) is 0 Å². The second-order valence-corrected chi connectivity index (χ2v) is 5.78. The highest BCUT2D eigenvalue weighted by atomic mass is 35.5. The molecule has 2 amide bonds. The fourth-order valence-electron chi connectivity index (χ4n) is 2.42. The fourth-order valence-corrected chi connectivity index (χ4v) is 2.64. The highest BCUT2D eigenvalue weighted by Crippen LogP contribution is 2.36. The molecule has 1 aliphatic heterocycles. The minimum absolute atomic E-state index is 0.0916. The summed E-state index contributed by atoms with van der Waals surface area (Å²) >= 11 is 5.55. The topological polar surface area (TPSA) is 88.9 Å². The second-order valence-electron chi connectivity index (χ2n) is 5.38. The number of hydrogen-bond acceptors (Lipinski definition) is 4. The fraction of sp³-hybridized carbons (Fsp3) is 0.286. The summed E-state index contributed by atoms with van der Waals surface area (Å²) in [6.07, 6.45) is -4.86. The molecular weight excluding hydrogens is 363 g/mol. The highest BCUT2D eigenvalue weighted by Gasteiger charge is 2.35. The molecule has 1 atom stereocenters. The van der Waals surface area contributed by atoms with Gasteiger partial charge in [-0.2, -0.15) is 23.3 Å². The van der Waals surface area contributed by atoms with E-state index >= 15 is 0 Å². The van der Waals surface area contributed by atoms with Crippen LogP contribution in [0.2, 0.25) is 5.02 Å². The molecule has 0 spiro atoms. The molecule has 2 N–H and O–H groups in total. The molecule has 2 aromatic rings. The number of halogens is 4. The van der Waals surface area contributed by atoms with E-state index in [4.69, 9.17) is 11.6 Å². The Morgan fingerprint density at radius 1 is 1.44 bits per heavy atom. The van der Waals surface area contributed by atoms with Crippen LogP contribution in [0.25, 0.3) is 0 Å². The summed E-state index contributed by atoms with van der Waals surface area (Å²) in [6.45, 7) is 1.58. The van der Waals surface area contributed by atoms with Gasteiger partial charge in [-0.05, 0) is 25.1 Å². The van der Waals surface area contributed by atoms with Crippen LogP contribution in [0, 0.1) is 6.92 Å². The van der Waals surface area contributed by atoms with Crippen molar-refractivity contribution in [3.05, 3.63) is 34.6 Å². The molecule has 0 radical (unpaired) electrons. The summed E-state index contributed by atoms with van der Waals surface area (Å²) in [5.74, 6) is -0.662. The third-order valence-electron chi connectivity index (χ3n) is 3.50. The van der Waals surface area contributed by atoms with Crippen molar-refractivity contribution < 1.29 is 22.8 Å². The molecule has 11 heteroatoms. The van der Waals surface area contributed by atoms with Crippen LogP contribution in [0.15, 0.2) is 18.2 Å². The SMILES string of the molecule is Cc1nc2n(n1)C(C(=O)Nc1ccc(Cl)c(C(F)(F)F)c1)CC(=O)N2. The van der Waals surface area contributed by atoms with Crippen LogP contribution < -0.4 is 10.6 Å². The first-order chi connectivity index (χ1) is 11.6. The Kier molecular flexibility index (Phi) is 4.15. The zero-order valence-corrected chi connectivity index (χ0v) is 13.4. The van der Waals surface area contributed by atoms with Crippen molar-refractivity contribution >= 4 is 35.1 Å². The lowest BCUT2D eigenvalue weighted by Crippen LogP contribution is -2.36. The van der Waals surface area contributed by atoms with Gasteiger partial charge in [0.2, 0.25) is 17.8 Å². The molecule has 2 heterocycles. The molecule has 132 valence electrons. The molecule has 1 aromatic carbocycles. The Balaban J connectivity index is 1.87. The number of alkyl halides is 3. The first-order valence-electron chi connectivity index (χ1n) is 7.06. The van der Waals surface area contributed by atoms with E-state index in [2.05, 4.69) is 20.7 Å². The summed E-state index contributed by atoms with van der Waals surface area (Å²) in [7, 11) is 0. The van der Waals surface area contributed by atoms with E-state index in [1.54, 1.807) is 6.92 Å². The first kappa shape index (κ1) is 17.2. The first-order valence-corrected chi connectivity index (χ1v) is 7.43. The Bertz CT molecular complexity index is 865. The monoisotopic (exact) mass is 373 g/mol. The van der Waals surface area contributed by atoms with Gasteiger partial charge in [-0.3, -0.25) is 14.9 Å². The average Bonchev–Trinajstić information content (AvgIpc) is 2.87. The number of aromatic nitrogens is 3. The molecule has 3 rings (SSSR count). The van der Waals surface area contributed by atoms with Crippen LogP contribution in [0.5, 0.6) is 0 Å². The number of carbonyl (C=O) groups excluding carboxylic acids is 2. The minimum Gasteiger partial charge on any atom is -0.324 e. The number of rotatable bonds is 2. The molecule has 0 saturated carbocycles. The molecule has 0 saturated heterocycles. The van der Waals surface area contributed by atoms with Crippen LogP contribution in [-0.4, -0.2) is 26.6 Å². The highest BCUT2D eigenvalue weighted by molar-refractivity contribution is 6.31. The van der Waals surface area contributed by atoms with Crippen LogP contribution in [0.3, 0.4) is 0 Å². The number of fused-ring (bicyclic) bond motifs is 1. The van der Waals surface area contributed by atoms with Crippen LogP contribution in [-0.2, 0) is 15.8 Å². The molecule has 1 unspecified atom stereocenters. The van der Waals surface area contributed by atoms with Gasteiger partial charge in [0.05, 0.1) is 17.0 Å². The zero-order valence-electron chi connectivity index (χ0n) is 12.7. The Morgan fingerprint density at radius 2 is 2.16 bits per heavy atom. The van der Waals surface area contributed by atoms with E-state index in [1.165, 1.54) is 10.7 Å². The van der Waals surface area contributed by atoms with Crippen molar-refractivity contribution in [3.8, 4) is 0 Å². The molecule has 1 aliphatic rings. The van der Waals surface area contributed by atoms with Crippen molar-refractivity contribution in [2.24, 2.45) is 0 Å². The number of amides is 2. The Morgan fingerprint density at radius 3 is 2.84 bits per heavy atom. The van der Waals surface area contributed by atoms with Gasteiger partial charge >= 0.3 is 6.18 Å². The summed E-state index contributed by atoms with van der Waals surface area (Å²) in [6, 6.07) is 2.00. The number of hydrogen-bond donors (Lipinski definition) is 2. The standard InChI is InChI=1S/C14H11ClF3N5O2/c1-6-19-13-21-11(24)5-10(23(13)22-6)12(25)20-7-2-3-9(15)8(4-7)14(16,17)18/h2-4,10H,5H2,1H3,(H,20,25)(H,19,21,22,24). The number of carbonyl (C=O) groups is 2. The molecule has 0 aliphatic carbocycles. The second kappa shape index (κ2) is 6.03. The van der Waals surface area contributed by atoms with Gasteiger partial charge in [-0.1, -0.05) is 11.6 Å². The third-order valence-corrected chi connectivity index (χ3v) is 3.83. The van der Waals surface area contributed by atoms with E-state index in [1.807, 2.05) is 0 Å². The maximum Gasteiger partial charge on any atom is 0.417 e. The van der Waals surface area contributed by atoms with Crippen LogP contribution in [0.1, 0.15) is 23.9 Å². The van der Waals surface area contributed by atoms with E-state index in [0.29, 0.717) is 5.82 Å². The summed E-state index contributed by atoms with van der Waals surface area (Å²) in [5.41, 5.74) is -1.16. The van der Waals surface area contributed by atoms with Crippen LogP contribution >= 0.6 is 11.6 Å². The van der Waals surface area contributed by atoms with Crippen molar-refractivity contribution in [1.82, 2.24) is 14.8 Å². The zero-order chi connectivity index (χ0) is 18.4. The molecule has 25 heavy (non-hydrogen) atoms. The predicted octanol–water partition coefficient (Wildman–Crippen LogP) is 2.78. The Labute approximate surface area is 144 Å². The Hall–Kier alpha value is -2.62. The van der Waals surface area contributed by atoms with Gasteiger partial charge in [-0.15, -0.1) is 0 Å². The van der Waals surface area contributed by atoms with Crippen molar-refractivity contribution in [1.29, 1.82) is 0 Å². The number of anilines is 2. The number of benzene rings is 1. The summed E-state index contributed by atoms with van der Waals surface area (Å²) < 4.78 is 39.9. The average molecular weight is 374 g/mol. The van der Waals surface area contributed by atoms with E-state index in [-0.39, 0.29) is 18.1 Å². The quantitative estimate of drug-likeness (QED) is 0.847. The molecule has 0 bridgehead atoms. The van der Waals surface area contributed by atoms with Crippen molar-refractivity contribution in [2.45, 2.75) is 25.6 Å². The van der Waals surface area contributed by atoms with Gasteiger partial charge in [-0.25, -0.2) is 4.68 Å². The lowest BCUT2D eigenvalue weighted by Gasteiger charge is -2.22. The molecule has 0 fully saturated rings. The van der Waals surface area contributed by atoms with Gasteiger partial charge in [0, 0.05) is 5.69 Å². The van der Waals surface area contributed by atoms with Gasteiger partial charge in [0.25, 0.3) is 0 Å². The minimum atomic E-state index is -4.65. The van der Waals surface area contributed by atoms with Crippen LogP contribution in [0.4, 0.5) is 24.8 Å². The lowest BCUT2D eigenvalue weighted by atomic mass is 10.1. The predicted molar refractivity (Wildman–Crippen MR) is 82.1 cm³/mol. The molecule has 7 nitrogen and oxygen atoms in total. The molecule has 1 aromatic heterocycles. The van der Waals surface area contributed by atoms with Gasteiger partial charge < -0.3 is 5.32 Å². The number of nitrogens with zero attached hydrogens (tertiary/aromatic N) is 3. The smallest absolute Gasteiger partial charge is 0.324 e. The maximum absolute atomic E-state index is 12.9. The molecular formula is C14H11ClF3N5O2. The largest absolute Gasteiger partial charge is 0.417 e.